The third-order valence-corrected chi connectivity index (χ3v) is 7.67. The van der Waals surface area contributed by atoms with Crippen LogP contribution in [-0.4, -0.2) is 50.6 Å². The number of fused-ring (bicyclic) bond motifs is 2. The van der Waals surface area contributed by atoms with Gasteiger partial charge >= 0.3 is 0 Å². The number of hydrogen-bond donors (Lipinski definition) is 2. The summed E-state index contributed by atoms with van der Waals surface area (Å²) in [6, 6.07) is 12.5. The number of ketones is 1. The predicted octanol–water partition coefficient (Wildman–Crippen LogP) is 4.75. The van der Waals surface area contributed by atoms with Gasteiger partial charge < -0.3 is 15.6 Å². The van der Waals surface area contributed by atoms with E-state index in [1.165, 1.54) is 29.5 Å². The normalized spacial score (nSPS) is 17.8. The lowest BCUT2D eigenvalue weighted by molar-refractivity contribution is 0.103. The van der Waals surface area contributed by atoms with Gasteiger partial charge in [-0.25, -0.2) is 9.67 Å². The number of hydrogen-bond acceptors (Lipinski definition) is 5. The van der Waals surface area contributed by atoms with Gasteiger partial charge in [-0.05, 0) is 72.8 Å². The zero-order valence-corrected chi connectivity index (χ0v) is 20.3. The molecule has 0 amide bonds. The van der Waals surface area contributed by atoms with Crippen molar-refractivity contribution in [3.63, 3.8) is 0 Å². The molecule has 3 N–H and O–H groups in total. The molecule has 1 aliphatic heterocycles. The van der Waals surface area contributed by atoms with Crippen LogP contribution >= 0.6 is 0 Å². The van der Waals surface area contributed by atoms with Crippen molar-refractivity contribution >= 4 is 34.3 Å². The van der Waals surface area contributed by atoms with Crippen LogP contribution < -0.4 is 5.73 Å². The number of nitrogens with two attached hydrogens (primary N) is 1. The van der Waals surface area contributed by atoms with Gasteiger partial charge in [0.25, 0.3) is 0 Å². The van der Waals surface area contributed by atoms with Crippen LogP contribution in [0.4, 0.5) is 5.82 Å². The highest BCUT2D eigenvalue weighted by atomic mass is 16.1. The maximum absolute atomic E-state index is 13.5. The Morgan fingerprint density at radius 2 is 2.06 bits per heavy atom. The first-order valence-electron chi connectivity index (χ1n) is 12.6. The quantitative estimate of drug-likeness (QED) is 0.406. The van der Waals surface area contributed by atoms with Gasteiger partial charge in [0, 0.05) is 31.0 Å². The summed E-state index contributed by atoms with van der Waals surface area (Å²) in [5.74, 6) is 1.90. The number of imidazole rings is 1. The van der Waals surface area contributed by atoms with Crippen LogP contribution in [0.2, 0.25) is 0 Å². The SMILES string of the molecule is CN1CC=C(c2ccc3c(c2)CC(C(=O)c2cnn(-c4ccc5nc(C6CC6)[nH]c5c4)c2N)=C3)CC1. The van der Waals surface area contributed by atoms with Crippen LogP contribution in [0.3, 0.4) is 0 Å². The van der Waals surface area contributed by atoms with Gasteiger partial charge in [-0.1, -0.05) is 24.3 Å². The number of Topliss-reactive ketones (excluding diaryl/α,β-unsaturated/α-hetero) is 1. The van der Waals surface area contributed by atoms with Gasteiger partial charge in [0.1, 0.15) is 11.6 Å². The monoisotopic (exact) mass is 476 g/mol. The molecule has 2 aromatic heterocycles. The number of carbonyl (C=O) groups excluding carboxylic acids is 1. The number of aromatic nitrogens is 4. The highest BCUT2D eigenvalue weighted by Gasteiger charge is 2.27. The number of likely N-dealkylation sites (N-methyl/N-ethyl adjacent to an activating group) is 1. The maximum Gasteiger partial charge on any atom is 0.194 e. The number of rotatable bonds is 5. The Bertz CT molecular complexity index is 1600. The fraction of sp³-hybridized carbons (Fsp3) is 0.276. The van der Waals surface area contributed by atoms with Crippen molar-refractivity contribution in [3.8, 4) is 5.69 Å². The number of aromatic amines is 1. The minimum Gasteiger partial charge on any atom is -0.383 e. The molecule has 3 aliphatic rings. The Kier molecular flexibility index (Phi) is 4.76. The number of anilines is 1. The molecule has 7 rings (SSSR count). The van der Waals surface area contributed by atoms with E-state index in [0.29, 0.717) is 23.7 Å². The first kappa shape index (κ1) is 21.3. The van der Waals surface area contributed by atoms with E-state index >= 15 is 0 Å². The number of H-pyrrole nitrogens is 1. The van der Waals surface area contributed by atoms with Crippen LogP contribution in [0.15, 0.2) is 54.2 Å². The van der Waals surface area contributed by atoms with Crippen molar-refractivity contribution in [2.45, 2.75) is 31.6 Å². The molecule has 1 saturated carbocycles. The van der Waals surface area contributed by atoms with Crippen molar-refractivity contribution in [2.24, 2.45) is 0 Å². The average molecular weight is 477 g/mol. The molecule has 0 bridgehead atoms. The van der Waals surface area contributed by atoms with Gasteiger partial charge in [-0.2, -0.15) is 5.10 Å². The second-order valence-electron chi connectivity index (χ2n) is 10.3. The molecule has 3 heterocycles. The highest BCUT2D eigenvalue weighted by Crippen LogP contribution is 2.39. The molecule has 0 saturated heterocycles. The van der Waals surface area contributed by atoms with E-state index in [0.717, 1.165) is 53.2 Å². The topological polar surface area (TPSA) is 92.8 Å². The van der Waals surface area contributed by atoms with Crippen molar-refractivity contribution in [3.05, 3.63) is 82.3 Å². The zero-order valence-electron chi connectivity index (χ0n) is 20.3. The first-order valence-corrected chi connectivity index (χ1v) is 12.6. The molecular weight excluding hydrogens is 448 g/mol. The Morgan fingerprint density at radius 3 is 2.86 bits per heavy atom. The standard InChI is InChI=1S/C29H28N6O/c1-34-10-8-17(9-11-34)19-4-5-20-13-22(14-21(20)12-19)27(36)24-16-31-35(28(24)30)23-6-7-25-26(15-23)33-29(32-25)18-2-3-18/h4-8,12-13,15-16,18H,2-3,9-11,14,30H2,1H3,(H,32,33). The second-order valence-corrected chi connectivity index (χ2v) is 10.3. The molecule has 7 heteroatoms. The van der Waals surface area contributed by atoms with E-state index in [2.05, 4.69) is 46.3 Å². The Hall–Kier alpha value is -3.97. The lowest BCUT2D eigenvalue weighted by Gasteiger charge is -2.22. The molecule has 4 aromatic rings. The third kappa shape index (κ3) is 3.58. The molecule has 36 heavy (non-hydrogen) atoms. The van der Waals surface area contributed by atoms with E-state index in [1.807, 2.05) is 24.3 Å². The highest BCUT2D eigenvalue weighted by molar-refractivity contribution is 6.15. The van der Waals surface area contributed by atoms with Crippen molar-refractivity contribution in [1.82, 2.24) is 24.6 Å². The first-order chi connectivity index (χ1) is 17.5. The molecule has 0 radical (unpaired) electrons. The molecule has 2 aliphatic carbocycles. The number of nitrogen functional groups attached to an aromatic ring is 1. The maximum atomic E-state index is 13.5. The summed E-state index contributed by atoms with van der Waals surface area (Å²) in [6.07, 6.45) is 9.95. The van der Waals surface area contributed by atoms with Crippen molar-refractivity contribution in [1.29, 1.82) is 0 Å². The van der Waals surface area contributed by atoms with Crippen molar-refractivity contribution < 1.29 is 4.79 Å². The third-order valence-electron chi connectivity index (χ3n) is 7.67. The molecule has 2 aromatic carbocycles. The fourth-order valence-corrected chi connectivity index (χ4v) is 5.33. The average Bonchev–Trinajstić information content (AvgIpc) is 3.33. The number of nitrogens with one attached hydrogen (secondary N) is 1. The summed E-state index contributed by atoms with van der Waals surface area (Å²) in [6.45, 7) is 2.05. The largest absolute Gasteiger partial charge is 0.383 e. The Labute approximate surface area is 209 Å². The van der Waals surface area contributed by atoms with Crippen LogP contribution in [0, 0.1) is 0 Å². The fourth-order valence-electron chi connectivity index (χ4n) is 5.33. The molecule has 180 valence electrons. The van der Waals surface area contributed by atoms with E-state index in [-0.39, 0.29) is 5.78 Å². The minimum atomic E-state index is -0.0614. The minimum absolute atomic E-state index is 0.0614. The summed E-state index contributed by atoms with van der Waals surface area (Å²) in [5.41, 5.74) is 15.3. The zero-order chi connectivity index (χ0) is 24.4. The smallest absolute Gasteiger partial charge is 0.194 e. The van der Waals surface area contributed by atoms with Gasteiger partial charge in [0.2, 0.25) is 0 Å². The van der Waals surface area contributed by atoms with Crippen LogP contribution in [0.5, 0.6) is 0 Å². The van der Waals surface area contributed by atoms with Gasteiger partial charge in [0.05, 0.1) is 28.5 Å². The number of allylic oxidation sites excluding steroid dienone is 1. The van der Waals surface area contributed by atoms with Crippen LogP contribution in [0.25, 0.3) is 28.4 Å². The van der Waals surface area contributed by atoms with Crippen LogP contribution in [0.1, 0.15) is 58.1 Å². The summed E-state index contributed by atoms with van der Waals surface area (Å²) in [4.78, 5) is 23.9. The van der Waals surface area contributed by atoms with Crippen molar-refractivity contribution in [2.75, 3.05) is 25.9 Å². The molecular formula is C29H28N6O. The number of benzene rings is 2. The van der Waals surface area contributed by atoms with Crippen LogP contribution in [-0.2, 0) is 6.42 Å². The lowest BCUT2D eigenvalue weighted by atomic mass is 9.96. The molecule has 0 atom stereocenters. The summed E-state index contributed by atoms with van der Waals surface area (Å²) >= 11 is 0. The summed E-state index contributed by atoms with van der Waals surface area (Å²) in [7, 11) is 2.15. The molecule has 0 unspecified atom stereocenters. The summed E-state index contributed by atoms with van der Waals surface area (Å²) < 4.78 is 1.64. The van der Waals surface area contributed by atoms with E-state index < -0.39 is 0 Å². The second kappa shape index (κ2) is 8.03. The van der Waals surface area contributed by atoms with E-state index in [9.17, 15) is 4.79 Å². The molecule has 7 nitrogen and oxygen atoms in total. The van der Waals surface area contributed by atoms with Gasteiger partial charge in [-0.15, -0.1) is 0 Å². The van der Waals surface area contributed by atoms with E-state index in [1.54, 1.807) is 10.9 Å². The molecule has 0 spiro atoms. The Balaban J connectivity index is 1.13. The Morgan fingerprint density at radius 1 is 1.17 bits per heavy atom. The van der Waals surface area contributed by atoms with Gasteiger partial charge in [0.15, 0.2) is 5.78 Å². The number of carbonyl (C=O) groups is 1. The summed E-state index contributed by atoms with van der Waals surface area (Å²) in [5, 5.41) is 4.47. The van der Waals surface area contributed by atoms with Gasteiger partial charge in [-0.3, -0.25) is 4.79 Å². The number of nitrogens with zero attached hydrogens (tertiary/aromatic N) is 4. The predicted molar refractivity (Wildman–Crippen MR) is 142 cm³/mol. The van der Waals surface area contributed by atoms with E-state index in [4.69, 9.17) is 10.7 Å². The molecule has 1 fully saturated rings. The lowest BCUT2D eigenvalue weighted by Crippen LogP contribution is -2.23.